The number of hydrogen-bond acceptors (Lipinski definition) is 5. The third-order valence-electron chi connectivity index (χ3n) is 4.21. The molecule has 2 aliphatic rings. The summed E-state index contributed by atoms with van der Waals surface area (Å²) >= 11 is 1.74. The number of hydrogen-bond donors (Lipinski definition) is 1. The number of amides is 1. The lowest BCUT2D eigenvalue weighted by Gasteiger charge is -2.21. The highest BCUT2D eigenvalue weighted by molar-refractivity contribution is 7.88. The van der Waals surface area contributed by atoms with Gasteiger partial charge in [0.25, 0.3) is 0 Å². The van der Waals surface area contributed by atoms with Gasteiger partial charge in [0.1, 0.15) is 6.04 Å². The van der Waals surface area contributed by atoms with Crippen molar-refractivity contribution in [3.8, 4) is 0 Å². The number of thiazole rings is 1. The van der Waals surface area contributed by atoms with Gasteiger partial charge >= 0.3 is 0 Å². The van der Waals surface area contributed by atoms with Crippen LogP contribution in [0.1, 0.15) is 34.8 Å². The van der Waals surface area contributed by atoms with Crippen molar-refractivity contribution in [1.29, 1.82) is 0 Å². The first-order chi connectivity index (χ1) is 10.4. The summed E-state index contributed by atoms with van der Waals surface area (Å²) in [6.07, 6.45) is 6.63. The van der Waals surface area contributed by atoms with Crippen molar-refractivity contribution < 1.29 is 13.2 Å². The van der Waals surface area contributed by atoms with E-state index in [0.29, 0.717) is 19.5 Å². The summed E-state index contributed by atoms with van der Waals surface area (Å²) in [6.45, 7) is 0.954. The Kier molecular flexibility index (Phi) is 4.52. The third kappa shape index (κ3) is 3.33. The fraction of sp³-hybridized carbons (Fsp3) is 0.714. The topological polar surface area (TPSA) is 79.4 Å². The molecule has 3 rings (SSSR count). The average molecular weight is 343 g/mol. The minimum Gasteiger partial charge on any atom is -0.354 e. The lowest BCUT2D eigenvalue weighted by Crippen LogP contribution is -2.45. The van der Waals surface area contributed by atoms with Crippen molar-refractivity contribution in [3.05, 3.63) is 15.6 Å². The van der Waals surface area contributed by atoms with E-state index >= 15 is 0 Å². The third-order valence-corrected chi connectivity index (χ3v) is 6.72. The van der Waals surface area contributed by atoms with Crippen LogP contribution in [0.3, 0.4) is 0 Å². The second-order valence-electron chi connectivity index (χ2n) is 5.90. The van der Waals surface area contributed by atoms with E-state index in [1.54, 1.807) is 11.3 Å². The smallest absolute Gasteiger partial charge is 0.238 e. The molecular formula is C14H21N3O3S2. The van der Waals surface area contributed by atoms with Gasteiger partial charge in [-0.2, -0.15) is 4.31 Å². The number of aryl methyl sites for hydroxylation is 2. The van der Waals surface area contributed by atoms with E-state index in [1.807, 2.05) is 0 Å². The maximum Gasteiger partial charge on any atom is 0.238 e. The minimum absolute atomic E-state index is 0.188. The van der Waals surface area contributed by atoms with E-state index in [9.17, 15) is 13.2 Å². The van der Waals surface area contributed by atoms with Gasteiger partial charge in [-0.05, 0) is 32.1 Å². The molecule has 1 atom stereocenters. The number of sulfonamides is 1. The number of aromatic nitrogens is 1. The summed E-state index contributed by atoms with van der Waals surface area (Å²) in [5.74, 6) is -0.188. The molecule has 122 valence electrons. The Labute approximate surface area is 135 Å². The molecule has 0 saturated carbocycles. The molecule has 8 heteroatoms. The van der Waals surface area contributed by atoms with Gasteiger partial charge in [0.05, 0.1) is 17.0 Å². The summed E-state index contributed by atoms with van der Waals surface area (Å²) in [5, 5.41) is 3.93. The Hall–Kier alpha value is -0.990. The summed E-state index contributed by atoms with van der Waals surface area (Å²) in [7, 11) is -3.31. The maximum absolute atomic E-state index is 12.2. The van der Waals surface area contributed by atoms with Gasteiger partial charge in [0.2, 0.25) is 15.9 Å². The summed E-state index contributed by atoms with van der Waals surface area (Å²) in [4.78, 5) is 18.2. The van der Waals surface area contributed by atoms with Crippen LogP contribution in [0.2, 0.25) is 0 Å². The Morgan fingerprint density at radius 3 is 2.95 bits per heavy atom. The number of nitrogens with zero attached hydrogens (tertiary/aromatic N) is 2. The van der Waals surface area contributed by atoms with E-state index in [0.717, 1.165) is 36.9 Å². The van der Waals surface area contributed by atoms with Gasteiger partial charge in [-0.25, -0.2) is 13.4 Å². The molecule has 22 heavy (non-hydrogen) atoms. The van der Waals surface area contributed by atoms with Crippen molar-refractivity contribution in [3.63, 3.8) is 0 Å². The Balaban J connectivity index is 1.51. The standard InChI is InChI=1S/C14H21N3O3S2/c1-22(19,20)17-9-3-5-11(17)14(18)15-8-7-13-16-10-4-2-6-12(10)21-13/h11H,2-9H2,1H3,(H,15,18)/t11-/m0/s1. The van der Waals surface area contributed by atoms with Gasteiger partial charge in [-0.1, -0.05) is 0 Å². The zero-order chi connectivity index (χ0) is 15.7. The highest BCUT2D eigenvalue weighted by Gasteiger charge is 2.36. The van der Waals surface area contributed by atoms with Crippen LogP contribution in [0.4, 0.5) is 0 Å². The maximum atomic E-state index is 12.2. The molecule has 1 aromatic heterocycles. The lowest BCUT2D eigenvalue weighted by molar-refractivity contribution is -0.124. The van der Waals surface area contributed by atoms with Crippen molar-refractivity contribution in [2.45, 2.75) is 44.6 Å². The predicted molar refractivity (Wildman–Crippen MR) is 85.4 cm³/mol. The van der Waals surface area contributed by atoms with Crippen molar-refractivity contribution in [2.75, 3.05) is 19.3 Å². The van der Waals surface area contributed by atoms with Gasteiger partial charge in [-0.3, -0.25) is 4.79 Å². The molecule has 1 aromatic rings. The van der Waals surface area contributed by atoms with E-state index in [-0.39, 0.29) is 5.91 Å². The number of carbonyl (C=O) groups excluding carboxylic acids is 1. The molecule has 0 aromatic carbocycles. The fourth-order valence-electron chi connectivity index (χ4n) is 3.16. The molecule has 0 radical (unpaired) electrons. The fourth-order valence-corrected chi connectivity index (χ4v) is 5.44. The van der Waals surface area contributed by atoms with Crippen LogP contribution >= 0.6 is 11.3 Å². The van der Waals surface area contributed by atoms with E-state index in [1.165, 1.54) is 21.3 Å². The molecule has 1 amide bonds. The summed E-state index contributed by atoms with van der Waals surface area (Å²) < 4.78 is 24.6. The van der Waals surface area contributed by atoms with Crippen molar-refractivity contribution in [2.24, 2.45) is 0 Å². The largest absolute Gasteiger partial charge is 0.354 e. The Morgan fingerprint density at radius 1 is 1.41 bits per heavy atom. The quantitative estimate of drug-likeness (QED) is 0.854. The highest BCUT2D eigenvalue weighted by atomic mass is 32.2. The zero-order valence-corrected chi connectivity index (χ0v) is 14.3. The van der Waals surface area contributed by atoms with Crippen molar-refractivity contribution in [1.82, 2.24) is 14.6 Å². The molecular weight excluding hydrogens is 322 g/mol. The molecule has 0 bridgehead atoms. The number of rotatable bonds is 5. The molecule has 2 heterocycles. The first-order valence-corrected chi connectivity index (χ1v) is 10.3. The SMILES string of the molecule is CS(=O)(=O)N1CCC[C@H]1C(=O)NCCc1nc2c(s1)CCC2. The monoisotopic (exact) mass is 343 g/mol. The minimum atomic E-state index is -3.31. The molecule has 1 fully saturated rings. The van der Waals surface area contributed by atoms with Crippen LogP contribution in [0.5, 0.6) is 0 Å². The molecule has 1 aliphatic heterocycles. The lowest BCUT2D eigenvalue weighted by atomic mass is 10.2. The number of carbonyl (C=O) groups is 1. The summed E-state index contributed by atoms with van der Waals surface area (Å²) in [5.41, 5.74) is 1.23. The van der Waals surface area contributed by atoms with Crippen LogP contribution in [0.15, 0.2) is 0 Å². The zero-order valence-electron chi connectivity index (χ0n) is 12.7. The van der Waals surface area contributed by atoms with E-state index < -0.39 is 16.1 Å². The first kappa shape index (κ1) is 15.9. The normalized spacial score (nSPS) is 22.0. The van der Waals surface area contributed by atoms with Crippen LogP contribution < -0.4 is 5.32 Å². The van der Waals surface area contributed by atoms with E-state index in [4.69, 9.17) is 0 Å². The molecule has 1 N–H and O–H groups in total. The van der Waals surface area contributed by atoms with Gasteiger partial charge < -0.3 is 5.32 Å². The first-order valence-electron chi connectivity index (χ1n) is 7.67. The average Bonchev–Trinajstić information content (AvgIpc) is 3.12. The van der Waals surface area contributed by atoms with Crippen LogP contribution in [0.25, 0.3) is 0 Å². The second-order valence-corrected chi connectivity index (χ2v) is 9.01. The van der Waals surface area contributed by atoms with Gasteiger partial charge in [0, 0.05) is 24.4 Å². The van der Waals surface area contributed by atoms with Gasteiger partial charge in [0.15, 0.2) is 0 Å². The molecule has 0 unspecified atom stereocenters. The molecule has 1 saturated heterocycles. The van der Waals surface area contributed by atoms with Gasteiger partial charge in [-0.15, -0.1) is 11.3 Å². The molecule has 1 aliphatic carbocycles. The van der Waals surface area contributed by atoms with Crippen LogP contribution in [0, 0.1) is 0 Å². The predicted octanol–water partition coefficient (Wildman–Crippen LogP) is 0.714. The van der Waals surface area contributed by atoms with E-state index in [2.05, 4.69) is 10.3 Å². The van der Waals surface area contributed by atoms with Crippen LogP contribution in [-0.2, 0) is 34.1 Å². The van der Waals surface area contributed by atoms with Crippen LogP contribution in [-0.4, -0.2) is 49.0 Å². The van der Waals surface area contributed by atoms with Crippen molar-refractivity contribution >= 4 is 27.3 Å². The highest BCUT2D eigenvalue weighted by Crippen LogP contribution is 2.27. The number of nitrogens with one attached hydrogen (secondary N) is 1. The number of fused-ring (bicyclic) bond motifs is 1. The Bertz CT molecular complexity index is 647. The summed E-state index contributed by atoms with van der Waals surface area (Å²) in [6, 6.07) is -0.545. The molecule has 0 spiro atoms. The Morgan fingerprint density at radius 2 is 2.23 bits per heavy atom. The molecule has 6 nitrogen and oxygen atoms in total. The second kappa shape index (κ2) is 6.25.